The van der Waals surface area contributed by atoms with E-state index < -0.39 is 23.9 Å². The fraction of sp³-hybridized carbons (Fsp3) is 0.462. The van der Waals surface area contributed by atoms with Crippen LogP contribution in [0.15, 0.2) is 24.3 Å². The van der Waals surface area contributed by atoms with Gasteiger partial charge in [0.15, 0.2) is 0 Å². The largest absolute Gasteiger partial charge is 0.416 e. The molecule has 0 spiro atoms. The smallest absolute Gasteiger partial charge is 0.393 e. The van der Waals surface area contributed by atoms with E-state index in [1.165, 1.54) is 12.1 Å². The molecule has 0 fully saturated rings. The van der Waals surface area contributed by atoms with Gasteiger partial charge in [0, 0.05) is 12.2 Å². The van der Waals surface area contributed by atoms with Crippen molar-refractivity contribution in [3.63, 3.8) is 0 Å². The molecule has 0 bridgehead atoms. The number of benzene rings is 1. The zero-order valence-electron chi connectivity index (χ0n) is 11.0. The van der Waals surface area contributed by atoms with Crippen molar-refractivity contribution in [2.45, 2.75) is 32.0 Å². The third-order valence-corrected chi connectivity index (χ3v) is 2.68. The van der Waals surface area contributed by atoms with Crippen LogP contribution in [0.4, 0.5) is 23.7 Å². The normalized spacial score (nSPS) is 12.8. The topological polar surface area (TPSA) is 61.4 Å². The minimum Gasteiger partial charge on any atom is -0.393 e. The van der Waals surface area contributed by atoms with Crippen LogP contribution in [0.1, 0.15) is 25.3 Å². The van der Waals surface area contributed by atoms with Crippen molar-refractivity contribution in [2.24, 2.45) is 0 Å². The highest BCUT2D eigenvalue weighted by Gasteiger charge is 2.30. The summed E-state index contributed by atoms with van der Waals surface area (Å²) in [5.74, 6) is 0. The van der Waals surface area contributed by atoms with Crippen LogP contribution in [0.5, 0.6) is 0 Å². The van der Waals surface area contributed by atoms with Crippen molar-refractivity contribution in [3.8, 4) is 0 Å². The number of anilines is 1. The van der Waals surface area contributed by atoms with Gasteiger partial charge in [0.25, 0.3) is 0 Å². The molecule has 1 aromatic rings. The van der Waals surface area contributed by atoms with Gasteiger partial charge in [0.1, 0.15) is 0 Å². The summed E-state index contributed by atoms with van der Waals surface area (Å²) in [6.07, 6.45) is -3.97. The summed E-state index contributed by atoms with van der Waals surface area (Å²) in [6, 6.07) is 3.78. The number of halogens is 3. The second kappa shape index (κ2) is 7.14. The molecule has 1 aromatic carbocycles. The molecule has 0 saturated heterocycles. The molecule has 4 nitrogen and oxygen atoms in total. The highest BCUT2D eigenvalue weighted by Crippen LogP contribution is 2.30. The number of amides is 2. The summed E-state index contributed by atoms with van der Waals surface area (Å²) in [5.41, 5.74) is -0.759. The maximum atomic E-state index is 12.5. The van der Waals surface area contributed by atoms with Crippen LogP contribution in [0, 0.1) is 0 Å². The van der Waals surface area contributed by atoms with E-state index in [2.05, 4.69) is 10.6 Å². The quantitative estimate of drug-likeness (QED) is 0.780. The average Bonchev–Trinajstić information content (AvgIpc) is 2.37. The van der Waals surface area contributed by atoms with Crippen molar-refractivity contribution in [2.75, 3.05) is 11.9 Å². The van der Waals surface area contributed by atoms with E-state index in [9.17, 15) is 23.1 Å². The van der Waals surface area contributed by atoms with Gasteiger partial charge in [-0.3, -0.25) is 0 Å². The molecule has 3 N–H and O–H groups in total. The number of rotatable bonds is 5. The Kier molecular flexibility index (Phi) is 5.82. The number of carbonyl (C=O) groups is 1. The van der Waals surface area contributed by atoms with Crippen molar-refractivity contribution in [1.29, 1.82) is 0 Å². The minimum absolute atomic E-state index is 0.0633. The molecule has 0 aliphatic rings. The molecule has 0 aliphatic heterocycles. The summed E-state index contributed by atoms with van der Waals surface area (Å²) in [4.78, 5) is 11.5. The van der Waals surface area contributed by atoms with Crippen LogP contribution >= 0.6 is 0 Å². The summed E-state index contributed by atoms with van der Waals surface area (Å²) in [6.45, 7) is 2.06. The van der Waals surface area contributed by atoms with Crippen LogP contribution in [0.3, 0.4) is 0 Å². The van der Waals surface area contributed by atoms with Crippen molar-refractivity contribution < 1.29 is 23.1 Å². The summed E-state index contributed by atoms with van der Waals surface area (Å²) in [5, 5.41) is 14.1. The van der Waals surface area contributed by atoms with Gasteiger partial charge in [-0.1, -0.05) is 13.0 Å². The molecular weight excluding hydrogens is 273 g/mol. The fourth-order valence-corrected chi connectivity index (χ4v) is 1.51. The number of aliphatic hydroxyl groups is 1. The molecule has 1 rings (SSSR count). The summed E-state index contributed by atoms with van der Waals surface area (Å²) >= 11 is 0. The zero-order chi connectivity index (χ0) is 15.2. The van der Waals surface area contributed by atoms with E-state index in [-0.39, 0.29) is 12.2 Å². The first-order valence-corrected chi connectivity index (χ1v) is 6.23. The number of carbonyl (C=O) groups excluding carboxylic acids is 1. The van der Waals surface area contributed by atoms with Gasteiger partial charge < -0.3 is 15.7 Å². The zero-order valence-corrected chi connectivity index (χ0v) is 11.0. The highest BCUT2D eigenvalue weighted by molar-refractivity contribution is 5.89. The lowest BCUT2D eigenvalue weighted by Gasteiger charge is -2.11. The Hall–Kier alpha value is -1.76. The predicted octanol–water partition coefficient (Wildman–Crippen LogP) is 2.99. The molecule has 2 amide bonds. The summed E-state index contributed by atoms with van der Waals surface area (Å²) < 4.78 is 37.4. The predicted molar refractivity (Wildman–Crippen MR) is 69.4 cm³/mol. The average molecular weight is 290 g/mol. The monoisotopic (exact) mass is 290 g/mol. The summed E-state index contributed by atoms with van der Waals surface area (Å²) in [7, 11) is 0. The number of aliphatic hydroxyl groups excluding tert-OH is 1. The molecule has 7 heteroatoms. The molecule has 0 aromatic heterocycles. The Morgan fingerprint density at radius 3 is 2.70 bits per heavy atom. The molecule has 0 radical (unpaired) electrons. The molecule has 1 unspecified atom stereocenters. The Labute approximate surface area is 115 Å². The third kappa shape index (κ3) is 5.48. The van der Waals surface area contributed by atoms with Gasteiger partial charge in [-0.15, -0.1) is 0 Å². The Morgan fingerprint density at radius 2 is 2.10 bits per heavy atom. The molecule has 112 valence electrons. The van der Waals surface area contributed by atoms with Crippen LogP contribution in [0.2, 0.25) is 0 Å². The molecule has 0 heterocycles. The van der Waals surface area contributed by atoms with Gasteiger partial charge in [0.2, 0.25) is 0 Å². The maximum Gasteiger partial charge on any atom is 0.416 e. The standard InChI is InChI=1S/C13H17F3N2O2/c1-2-11(19)6-7-17-12(20)18-10-5-3-4-9(8-10)13(14,15)16/h3-5,8,11,19H,2,6-7H2,1H3,(H2,17,18,20). The van der Waals surface area contributed by atoms with Crippen molar-refractivity contribution >= 4 is 11.7 Å². The minimum atomic E-state index is -4.45. The molecule has 0 aliphatic carbocycles. The Balaban J connectivity index is 2.50. The number of alkyl halides is 3. The van der Waals surface area contributed by atoms with E-state index in [0.29, 0.717) is 12.8 Å². The van der Waals surface area contributed by atoms with Crippen molar-refractivity contribution in [3.05, 3.63) is 29.8 Å². The number of hydrogen-bond donors (Lipinski definition) is 3. The second-order valence-electron chi connectivity index (χ2n) is 4.31. The first-order valence-electron chi connectivity index (χ1n) is 6.23. The first kappa shape index (κ1) is 16.3. The molecule has 1 atom stereocenters. The third-order valence-electron chi connectivity index (χ3n) is 2.68. The number of nitrogens with one attached hydrogen (secondary N) is 2. The van der Waals surface area contributed by atoms with Gasteiger partial charge in [-0.2, -0.15) is 13.2 Å². The molecule has 0 saturated carbocycles. The second-order valence-corrected chi connectivity index (χ2v) is 4.31. The van der Waals surface area contributed by atoms with Crippen LogP contribution < -0.4 is 10.6 Å². The van der Waals surface area contributed by atoms with Gasteiger partial charge in [-0.25, -0.2) is 4.79 Å². The van der Waals surface area contributed by atoms with E-state index >= 15 is 0 Å². The van der Waals surface area contributed by atoms with E-state index in [0.717, 1.165) is 12.1 Å². The molecular formula is C13H17F3N2O2. The number of urea groups is 1. The highest BCUT2D eigenvalue weighted by atomic mass is 19.4. The molecule has 20 heavy (non-hydrogen) atoms. The Bertz CT molecular complexity index is 449. The van der Waals surface area contributed by atoms with Gasteiger partial charge >= 0.3 is 12.2 Å². The van der Waals surface area contributed by atoms with Crippen molar-refractivity contribution in [1.82, 2.24) is 5.32 Å². The number of hydrogen-bond acceptors (Lipinski definition) is 2. The maximum absolute atomic E-state index is 12.5. The lowest BCUT2D eigenvalue weighted by molar-refractivity contribution is -0.137. The van der Waals surface area contributed by atoms with Crippen LogP contribution in [0.25, 0.3) is 0 Å². The lowest BCUT2D eigenvalue weighted by atomic mass is 10.2. The van der Waals surface area contributed by atoms with Crippen LogP contribution in [-0.4, -0.2) is 23.8 Å². The van der Waals surface area contributed by atoms with Gasteiger partial charge in [-0.05, 0) is 31.0 Å². The van der Waals surface area contributed by atoms with E-state index in [4.69, 9.17) is 0 Å². The van der Waals surface area contributed by atoms with Gasteiger partial charge in [0.05, 0.1) is 11.7 Å². The van der Waals surface area contributed by atoms with E-state index in [1.807, 2.05) is 6.92 Å². The lowest BCUT2D eigenvalue weighted by Crippen LogP contribution is -2.31. The first-order chi connectivity index (χ1) is 9.32. The fourth-order valence-electron chi connectivity index (χ4n) is 1.51. The Morgan fingerprint density at radius 1 is 1.40 bits per heavy atom. The van der Waals surface area contributed by atoms with Crippen LogP contribution in [-0.2, 0) is 6.18 Å². The SMILES string of the molecule is CCC(O)CCNC(=O)Nc1cccc(C(F)(F)F)c1. The van der Waals surface area contributed by atoms with E-state index in [1.54, 1.807) is 0 Å².